The minimum absolute atomic E-state index is 0.363. The van der Waals surface area contributed by atoms with E-state index in [2.05, 4.69) is 20.4 Å². The summed E-state index contributed by atoms with van der Waals surface area (Å²) in [5, 5.41) is 9.83. The predicted molar refractivity (Wildman–Crippen MR) is 47.4 cm³/mol. The quantitative estimate of drug-likeness (QED) is 0.619. The van der Waals surface area contributed by atoms with E-state index in [1.165, 1.54) is 0 Å². The van der Waals surface area contributed by atoms with Crippen molar-refractivity contribution in [1.82, 2.24) is 0 Å². The topological polar surface area (TPSA) is 20.2 Å². The van der Waals surface area contributed by atoms with Crippen molar-refractivity contribution in [2.24, 2.45) is 5.41 Å². The van der Waals surface area contributed by atoms with Gasteiger partial charge in [0.1, 0.15) is 0 Å². The van der Waals surface area contributed by atoms with Crippen molar-refractivity contribution in [2.75, 3.05) is 0 Å². The first kappa shape index (κ1) is 8.79. The Hall–Kier alpha value is -0.300. The lowest BCUT2D eigenvalue weighted by Crippen LogP contribution is -2.48. The molecule has 0 aromatic rings. The first-order chi connectivity index (χ1) is 4.97. The van der Waals surface area contributed by atoms with Crippen molar-refractivity contribution in [3.63, 3.8) is 0 Å². The summed E-state index contributed by atoms with van der Waals surface area (Å²) in [7, 11) is 0. The lowest BCUT2D eigenvalue weighted by molar-refractivity contribution is -0.116. The maximum Gasteiger partial charge on any atom is 0.0661 e. The van der Waals surface area contributed by atoms with E-state index >= 15 is 0 Å². The third kappa shape index (κ3) is 2.06. The molecule has 0 saturated heterocycles. The second kappa shape index (κ2) is 2.63. The van der Waals surface area contributed by atoms with Gasteiger partial charge in [-0.2, -0.15) is 0 Å². The van der Waals surface area contributed by atoms with Crippen LogP contribution in [0.5, 0.6) is 0 Å². The van der Waals surface area contributed by atoms with Gasteiger partial charge in [0.15, 0.2) is 0 Å². The van der Waals surface area contributed by atoms with Crippen LogP contribution in [0, 0.1) is 5.41 Å². The van der Waals surface area contributed by atoms with Gasteiger partial charge in [-0.3, -0.25) is 0 Å². The second-order valence-electron chi connectivity index (χ2n) is 4.57. The molecule has 0 spiro atoms. The van der Waals surface area contributed by atoms with Gasteiger partial charge in [0.25, 0.3) is 0 Å². The summed E-state index contributed by atoms with van der Waals surface area (Å²) < 4.78 is 0. The minimum atomic E-state index is -0.363. The Morgan fingerprint density at radius 3 is 2.36 bits per heavy atom. The Labute approximate surface area is 69.1 Å². The van der Waals surface area contributed by atoms with Gasteiger partial charge in [-0.25, -0.2) is 0 Å². The van der Waals surface area contributed by atoms with Crippen LogP contribution in [0.15, 0.2) is 12.7 Å². The van der Waals surface area contributed by atoms with Gasteiger partial charge in [-0.1, -0.05) is 19.9 Å². The highest BCUT2D eigenvalue weighted by Gasteiger charge is 2.46. The molecule has 1 heteroatoms. The van der Waals surface area contributed by atoms with Crippen LogP contribution >= 0.6 is 0 Å². The molecule has 0 radical (unpaired) electrons. The van der Waals surface area contributed by atoms with Gasteiger partial charge in [-0.05, 0) is 31.1 Å². The van der Waals surface area contributed by atoms with Crippen LogP contribution in [-0.2, 0) is 0 Å². The zero-order valence-corrected chi connectivity index (χ0v) is 7.56. The smallest absolute Gasteiger partial charge is 0.0661 e. The van der Waals surface area contributed by atoms with E-state index in [1.54, 1.807) is 0 Å². The fourth-order valence-electron chi connectivity index (χ4n) is 2.28. The van der Waals surface area contributed by atoms with E-state index in [1.807, 2.05) is 6.08 Å². The monoisotopic (exact) mass is 154 g/mol. The molecule has 1 fully saturated rings. The van der Waals surface area contributed by atoms with E-state index in [0.29, 0.717) is 5.41 Å². The second-order valence-corrected chi connectivity index (χ2v) is 4.57. The summed E-state index contributed by atoms with van der Waals surface area (Å²) >= 11 is 0. The first-order valence-electron chi connectivity index (χ1n) is 4.31. The molecule has 1 N–H and O–H groups in total. The van der Waals surface area contributed by atoms with Crippen molar-refractivity contribution in [3.05, 3.63) is 12.7 Å². The van der Waals surface area contributed by atoms with Crippen molar-refractivity contribution in [2.45, 2.75) is 45.1 Å². The average molecular weight is 154 g/mol. The molecule has 1 saturated carbocycles. The molecule has 0 bridgehead atoms. The fourth-order valence-corrected chi connectivity index (χ4v) is 2.28. The summed E-state index contributed by atoms with van der Waals surface area (Å²) in [6.45, 7) is 8.05. The Morgan fingerprint density at radius 1 is 1.45 bits per heavy atom. The maximum absolute atomic E-state index is 9.83. The molecular weight excluding hydrogens is 136 g/mol. The standard InChI is InChI=1S/C10H18O/c1-4-5-6-10(11)7-9(2,3)8-10/h4,11H,1,5-8H2,2-3H3. The van der Waals surface area contributed by atoms with Crippen LogP contribution in [0.2, 0.25) is 0 Å². The number of aliphatic hydroxyl groups is 1. The van der Waals surface area contributed by atoms with Gasteiger partial charge in [0, 0.05) is 0 Å². The average Bonchev–Trinajstić information content (AvgIpc) is 1.79. The lowest BCUT2D eigenvalue weighted by atomic mass is 9.60. The van der Waals surface area contributed by atoms with Crippen molar-refractivity contribution in [3.8, 4) is 0 Å². The van der Waals surface area contributed by atoms with E-state index < -0.39 is 0 Å². The first-order valence-corrected chi connectivity index (χ1v) is 4.31. The molecule has 0 unspecified atom stereocenters. The van der Waals surface area contributed by atoms with Crippen LogP contribution in [0.1, 0.15) is 39.5 Å². The number of hydrogen-bond donors (Lipinski definition) is 1. The van der Waals surface area contributed by atoms with Crippen LogP contribution in [0.4, 0.5) is 0 Å². The molecule has 11 heavy (non-hydrogen) atoms. The van der Waals surface area contributed by atoms with Gasteiger partial charge >= 0.3 is 0 Å². The SMILES string of the molecule is C=CCCC1(O)CC(C)(C)C1. The zero-order valence-electron chi connectivity index (χ0n) is 7.56. The Balaban J connectivity index is 2.31. The minimum Gasteiger partial charge on any atom is -0.390 e. The summed E-state index contributed by atoms with van der Waals surface area (Å²) in [5.74, 6) is 0. The molecule has 0 heterocycles. The van der Waals surface area contributed by atoms with Gasteiger partial charge in [-0.15, -0.1) is 6.58 Å². The third-order valence-corrected chi connectivity index (χ3v) is 2.43. The summed E-state index contributed by atoms with van der Waals surface area (Å²) in [4.78, 5) is 0. The number of hydrogen-bond acceptors (Lipinski definition) is 1. The highest BCUT2D eigenvalue weighted by atomic mass is 16.3. The van der Waals surface area contributed by atoms with Gasteiger partial charge in [0.2, 0.25) is 0 Å². The van der Waals surface area contributed by atoms with E-state index in [9.17, 15) is 5.11 Å². The molecule has 0 atom stereocenters. The zero-order chi connectivity index (χ0) is 8.54. The Morgan fingerprint density at radius 2 is 2.00 bits per heavy atom. The third-order valence-electron chi connectivity index (χ3n) is 2.43. The van der Waals surface area contributed by atoms with E-state index in [0.717, 1.165) is 25.7 Å². The number of rotatable bonds is 3. The molecule has 0 amide bonds. The lowest BCUT2D eigenvalue weighted by Gasteiger charge is -2.50. The van der Waals surface area contributed by atoms with Crippen LogP contribution < -0.4 is 0 Å². The largest absolute Gasteiger partial charge is 0.390 e. The highest BCUT2D eigenvalue weighted by Crippen LogP contribution is 2.49. The highest BCUT2D eigenvalue weighted by molar-refractivity contribution is 5.00. The van der Waals surface area contributed by atoms with Crippen LogP contribution in [-0.4, -0.2) is 10.7 Å². The van der Waals surface area contributed by atoms with Crippen molar-refractivity contribution >= 4 is 0 Å². The molecular formula is C10H18O. The van der Waals surface area contributed by atoms with E-state index in [4.69, 9.17) is 0 Å². The molecule has 1 aliphatic carbocycles. The fraction of sp³-hybridized carbons (Fsp3) is 0.800. The molecule has 64 valence electrons. The predicted octanol–water partition coefficient (Wildman–Crippen LogP) is 2.50. The summed E-state index contributed by atoms with van der Waals surface area (Å²) in [6, 6.07) is 0. The molecule has 0 aromatic heterocycles. The maximum atomic E-state index is 9.83. The molecule has 1 aliphatic rings. The molecule has 0 aliphatic heterocycles. The van der Waals surface area contributed by atoms with Crippen LogP contribution in [0.3, 0.4) is 0 Å². The summed E-state index contributed by atoms with van der Waals surface area (Å²) in [5.41, 5.74) is 0.00755. The van der Waals surface area contributed by atoms with Gasteiger partial charge in [0.05, 0.1) is 5.60 Å². The van der Waals surface area contributed by atoms with Gasteiger partial charge < -0.3 is 5.11 Å². The van der Waals surface area contributed by atoms with Crippen molar-refractivity contribution in [1.29, 1.82) is 0 Å². The Kier molecular flexibility index (Phi) is 2.10. The molecule has 1 rings (SSSR count). The molecule has 0 aromatic carbocycles. The van der Waals surface area contributed by atoms with Crippen molar-refractivity contribution < 1.29 is 5.11 Å². The molecule has 1 nitrogen and oxygen atoms in total. The normalized spacial score (nSPS) is 25.7. The van der Waals surface area contributed by atoms with Crippen LogP contribution in [0.25, 0.3) is 0 Å². The van der Waals surface area contributed by atoms with E-state index in [-0.39, 0.29) is 5.60 Å². The number of allylic oxidation sites excluding steroid dienone is 1. The summed E-state index contributed by atoms with van der Waals surface area (Å²) in [6.07, 6.45) is 5.61. The Bertz CT molecular complexity index is 150.